The molecule has 1 aromatic carbocycles. The number of fused-ring (bicyclic) bond motifs is 1. The van der Waals surface area contributed by atoms with Gasteiger partial charge in [-0.15, -0.1) is 0 Å². The molecule has 0 bridgehead atoms. The summed E-state index contributed by atoms with van der Waals surface area (Å²) >= 11 is 5.68. The molecule has 1 heterocycles. The second-order valence-corrected chi connectivity index (χ2v) is 7.05. The number of benzene rings is 1. The van der Waals surface area contributed by atoms with E-state index in [1.165, 1.54) is 25.7 Å². The first-order valence-corrected chi connectivity index (χ1v) is 9.66. The molecule has 25 heavy (non-hydrogen) atoms. The first-order valence-electron chi connectivity index (χ1n) is 9.25. The Morgan fingerprint density at radius 3 is 2.92 bits per heavy atom. The molecule has 0 aliphatic heterocycles. The van der Waals surface area contributed by atoms with Crippen molar-refractivity contribution in [3.8, 4) is 0 Å². The van der Waals surface area contributed by atoms with E-state index >= 15 is 0 Å². The van der Waals surface area contributed by atoms with E-state index in [0.29, 0.717) is 6.04 Å². The summed E-state index contributed by atoms with van der Waals surface area (Å²) in [6.45, 7) is 2.53. The maximum absolute atomic E-state index is 5.68. The van der Waals surface area contributed by atoms with E-state index < -0.39 is 0 Å². The Kier molecular flexibility index (Phi) is 6.64. The molecule has 3 rings (SSSR count). The lowest BCUT2D eigenvalue weighted by molar-refractivity contribution is 0.195. The van der Waals surface area contributed by atoms with Gasteiger partial charge in [0.25, 0.3) is 0 Å². The molecule has 0 amide bonds. The van der Waals surface area contributed by atoms with E-state index in [0.717, 1.165) is 54.5 Å². The number of H-pyrrole nitrogens is 1. The highest BCUT2D eigenvalue weighted by molar-refractivity contribution is 7.80. The second-order valence-electron chi connectivity index (χ2n) is 6.66. The smallest absolute Gasteiger partial charge is 0.169 e. The molecule has 2 N–H and O–H groups in total. The summed E-state index contributed by atoms with van der Waals surface area (Å²) in [5.74, 6) is 1.03. The van der Waals surface area contributed by atoms with Crippen LogP contribution in [0.3, 0.4) is 0 Å². The van der Waals surface area contributed by atoms with Crippen molar-refractivity contribution in [3.63, 3.8) is 0 Å². The molecule has 1 saturated carbocycles. The number of methoxy groups -OCH3 is 1. The van der Waals surface area contributed by atoms with Gasteiger partial charge in [0.1, 0.15) is 5.82 Å². The van der Waals surface area contributed by atoms with E-state index in [-0.39, 0.29) is 0 Å². The number of nitrogens with one attached hydrogen (secondary N) is 2. The molecular formula is C19H28N4OS. The van der Waals surface area contributed by atoms with Crippen molar-refractivity contribution < 1.29 is 4.74 Å². The van der Waals surface area contributed by atoms with Crippen LogP contribution in [0.15, 0.2) is 24.3 Å². The molecular weight excluding hydrogens is 332 g/mol. The fourth-order valence-electron chi connectivity index (χ4n) is 3.53. The van der Waals surface area contributed by atoms with Gasteiger partial charge in [-0.05, 0) is 43.6 Å². The molecule has 1 aliphatic rings. The third-order valence-corrected chi connectivity index (χ3v) is 5.23. The Labute approximate surface area is 155 Å². The van der Waals surface area contributed by atoms with Crippen LogP contribution in [0.5, 0.6) is 0 Å². The number of ether oxygens (including phenoxy) is 1. The molecule has 1 fully saturated rings. The number of para-hydroxylation sites is 2. The summed E-state index contributed by atoms with van der Waals surface area (Å²) in [6.07, 6.45) is 6.93. The first kappa shape index (κ1) is 18.1. The predicted octanol–water partition coefficient (Wildman–Crippen LogP) is 3.26. The van der Waals surface area contributed by atoms with E-state index in [9.17, 15) is 0 Å². The van der Waals surface area contributed by atoms with Crippen LogP contribution < -0.4 is 5.32 Å². The maximum atomic E-state index is 5.68. The van der Waals surface area contributed by atoms with E-state index in [4.69, 9.17) is 21.9 Å². The SMILES string of the molecule is COCCCNC(=S)N(CCc1nc2ccccc2[nH]1)C1CCCC1. The lowest BCUT2D eigenvalue weighted by Gasteiger charge is -2.31. The Balaban J connectivity index is 1.59. The molecule has 0 spiro atoms. The average Bonchev–Trinajstić information content (AvgIpc) is 3.28. The topological polar surface area (TPSA) is 53.2 Å². The van der Waals surface area contributed by atoms with Crippen molar-refractivity contribution in [2.45, 2.75) is 44.6 Å². The van der Waals surface area contributed by atoms with Crippen LogP contribution in [-0.4, -0.2) is 52.8 Å². The molecule has 2 aromatic rings. The third-order valence-electron chi connectivity index (χ3n) is 4.86. The third kappa shape index (κ3) is 4.92. The number of aromatic nitrogens is 2. The van der Waals surface area contributed by atoms with Crippen LogP contribution in [0.25, 0.3) is 11.0 Å². The highest BCUT2D eigenvalue weighted by atomic mass is 32.1. The number of thiocarbonyl (C=S) groups is 1. The van der Waals surface area contributed by atoms with Gasteiger partial charge in [0.15, 0.2) is 5.11 Å². The minimum absolute atomic E-state index is 0.562. The number of imidazole rings is 1. The van der Waals surface area contributed by atoms with Crippen molar-refractivity contribution in [1.82, 2.24) is 20.2 Å². The van der Waals surface area contributed by atoms with Crippen molar-refractivity contribution in [2.75, 3.05) is 26.8 Å². The van der Waals surface area contributed by atoms with Crippen LogP contribution in [0.4, 0.5) is 0 Å². The number of nitrogens with zero attached hydrogens (tertiary/aromatic N) is 2. The van der Waals surface area contributed by atoms with Crippen molar-refractivity contribution >= 4 is 28.4 Å². The molecule has 0 radical (unpaired) electrons. The van der Waals surface area contributed by atoms with Gasteiger partial charge in [0.2, 0.25) is 0 Å². The molecule has 1 aromatic heterocycles. The van der Waals surface area contributed by atoms with Gasteiger partial charge >= 0.3 is 0 Å². The molecule has 0 unspecified atom stereocenters. The maximum Gasteiger partial charge on any atom is 0.169 e. The normalized spacial score (nSPS) is 14.9. The van der Waals surface area contributed by atoms with E-state index in [1.54, 1.807) is 7.11 Å². The summed E-state index contributed by atoms with van der Waals surface area (Å²) in [5.41, 5.74) is 2.13. The molecule has 1 aliphatic carbocycles. The van der Waals surface area contributed by atoms with Crippen LogP contribution in [0.1, 0.15) is 37.9 Å². The fourth-order valence-corrected chi connectivity index (χ4v) is 3.87. The Morgan fingerprint density at radius 1 is 1.36 bits per heavy atom. The highest BCUT2D eigenvalue weighted by Crippen LogP contribution is 2.24. The van der Waals surface area contributed by atoms with Gasteiger partial charge in [-0.25, -0.2) is 4.98 Å². The average molecular weight is 361 g/mol. The zero-order valence-electron chi connectivity index (χ0n) is 15.0. The fraction of sp³-hybridized carbons (Fsp3) is 0.579. The van der Waals surface area contributed by atoms with Gasteiger partial charge in [0.05, 0.1) is 11.0 Å². The van der Waals surface area contributed by atoms with E-state index in [2.05, 4.69) is 21.3 Å². The van der Waals surface area contributed by atoms with Crippen LogP contribution in [0.2, 0.25) is 0 Å². The molecule has 6 heteroatoms. The highest BCUT2D eigenvalue weighted by Gasteiger charge is 2.24. The largest absolute Gasteiger partial charge is 0.385 e. The summed E-state index contributed by atoms with van der Waals surface area (Å²) in [6, 6.07) is 8.74. The van der Waals surface area contributed by atoms with Gasteiger partial charge in [-0.1, -0.05) is 25.0 Å². The zero-order chi connectivity index (χ0) is 17.5. The Bertz CT molecular complexity index is 648. The van der Waals surface area contributed by atoms with Crippen LogP contribution in [-0.2, 0) is 11.2 Å². The summed E-state index contributed by atoms with van der Waals surface area (Å²) < 4.78 is 5.11. The number of hydrogen-bond donors (Lipinski definition) is 2. The minimum atomic E-state index is 0.562. The zero-order valence-corrected chi connectivity index (χ0v) is 15.8. The van der Waals surface area contributed by atoms with Crippen molar-refractivity contribution in [3.05, 3.63) is 30.1 Å². The summed E-state index contributed by atoms with van der Waals surface area (Å²) in [4.78, 5) is 10.5. The Morgan fingerprint density at radius 2 is 2.16 bits per heavy atom. The van der Waals surface area contributed by atoms with Crippen LogP contribution >= 0.6 is 12.2 Å². The number of aromatic amines is 1. The molecule has 5 nitrogen and oxygen atoms in total. The minimum Gasteiger partial charge on any atom is -0.385 e. The lowest BCUT2D eigenvalue weighted by atomic mass is 10.2. The summed E-state index contributed by atoms with van der Waals surface area (Å²) in [7, 11) is 1.73. The van der Waals surface area contributed by atoms with Gasteiger partial charge in [-0.3, -0.25) is 0 Å². The molecule has 136 valence electrons. The predicted molar refractivity (Wildman–Crippen MR) is 106 cm³/mol. The van der Waals surface area contributed by atoms with Crippen molar-refractivity contribution in [2.24, 2.45) is 0 Å². The van der Waals surface area contributed by atoms with Gasteiger partial charge < -0.3 is 19.9 Å². The number of hydrogen-bond acceptors (Lipinski definition) is 3. The molecule has 0 atom stereocenters. The summed E-state index contributed by atoms with van der Waals surface area (Å²) in [5, 5.41) is 4.28. The quantitative estimate of drug-likeness (QED) is 0.559. The standard InChI is InChI=1S/C19H28N4OS/c1-24-14-6-12-20-19(25)23(15-7-2-3-8-15)13-11-18-21-16-9-4-5-10-17(16)22-18/h4-5,9-10,15H,2-3,6-8,11-14H2,1H3,(H,20,25)(H,21,22). The van der Waals surface area contributed by atoms with Crippen LogP contribution in [0, 0.1) is 0 Å². The molecule has 0 saturated heterocycles. The van der Waals surface area contributed by atoms with Gasteiger partial charge in [0, 0.05) is 39.3 Å². The monoisotopic (exact) mass is 360 g/mol. The van der Waals surface area contributed by atoms with Gasteiger partial charge in [-0.2, -0.15) is 0 Å². The second kappa shape index (κ2) is 9.15. The number of rotatable bonds is 8. The first-order chi connectivity index (χ1) is 12.3. The Hall–Kier alpha value is -1.66. The van der Waals surface area contributed by atoms with E-state index in [1.807, 2.05) is 18.2 Å². The lowest BCUT2D eigenvalue weighted by Crippen LogP contribution is -2.46. The van der Waals surface area contributed by atoms with Crippen molar-refractivity contribution in [1.29, 1.82) is 0 Å².